The largest absolute Gasteiger partial charge is 0.376 e. The van der Waals surface area contributed by atoms with E-state index in [0.717, 1.165) is 26.1 Å². The molecule has 0 aliphatic carbocycles. The maximum atomic E-state index is 5.77. The van der Waals surface area contributed by atoms with E-state index in [1.165, 1.54) is 16.7 Å². The normalized spacial score (nSPS) is 17.6. The lowest BCUT2D eigenvalue weighted by Crippen LogP contribution is -2.18. The molecule has 2 rings (SSSR count). The van der Waals surface area contributed by atoms with Gasteiger partial charge in [0, 0.05) is 6.04 Å². The molecule has 0 amide bonds. The predicted octanol–water partition coefficient (Wildman–Crippen LogP) is 1.65. The fourth-order valence-electron chi connectivity index (χ4n) is 1.92. The molecule has 0 spiro atoms. The Hall–Kier alpha value is -0.860. The molecule has 1 unspecified atom stereocenters. The Labute approximate surface area is 85.1 Å². The van der Waals surface area contributed by atoms with E-state index < -0.39 is 0 Å². The molecule has 0 saturated heterocycles. The van der Waals surface area contributed by atoms with Gasteiger partial charge in [0.05, 0.1) is 13.2 Å². The van der Waals surface area contributed by atoms with Crippen molar-refractivity contribution in [1.29, 1.82) is 0 Å². The Balaban J connectivity index is 2.20. The van der Waals surface area contributed by atoms with Crippen molar-refractivity contribution >= 4 is 0 Å². The van der Waals surface area contributed by atoms with Crippen LogP contribution < -0.4 is 5.73 Å². The maximum Gasteiger partial charge on any atom is 0.0719 e. The molecule has 1 heterocycles. The van der Waals surface area contributed by atoms with Crippen molar-refractivity contribution in [2.75, 3.05) is 6.61 Å². The average Bonchev–Trinajstić information content (AvgIpc) is 2.17. The van der Waals surface area contributed by atoms with Gasteiger partial charge in [-0.15, -0.1) is 0 Å². The van der Waals surface area contributed by atoms with Crippen LogP contribution in [0.1, 0.15) is 23.6 Å². The van der Waals surface area contributed by atoms with Crippen LogP contribution in [0.15, 0.2) is 18.2 Å². The van der Waals surface area contributed by atoms with Gasteiger partial charge in [-0.2, -0.15) is 0 Å². The van der Waals surface area contributed by atoms with Gasteiger partial charge in [-0.25, -0.2) is 0 Å². The molecule has 1 aliphatic rings. The van der Waals surface area contributed by atoms with Gasteiger partial charge >= 0.3 is 0 Å². The lowest BCUT2D eigenvalue weighted by Gasteiger charge is -2.17. The number of benzene rings is 1. The van der Waals surface area contributed by atoms with Crippen LogP contribution in [0.3, 0.4) is 0 Å². The first-order valence-corrected chi connectivity index (χ1v) is 5.19. The standard InChI is InChI=1S/C12H17NO/c1-9(13)6-10-2-3-11-4-5-14-8-12(11)7-10/h2-3,7,9H,4-6,8,13H2,1H3. The molecule has 1 atom stereocenters. The molecule has 14 heavy (non-hydrogen) atoms. The average molecular weight is 191 g/mol. The van der Waals surface area contributed by atoms with Crippen molar-refractivity contribution < 1.29 is 4.74 Å². The highest BCUT2D eigenvalue weighted by Gasteiger charge is 2.09. The minimum atomic E-state index is 0.234. The molecule has 0 saturated carbocycles. The molecule has 1 aliphatic heterocycles. The van der Waals surface area contributed by atoms with E-state index in [0.29, 0.717) is 0 Å². The predicted molar refractivity (Wildman–Crippen MR) is 57.2 cm³/mol. The summed E-state index contributed by atoms with van der Waals surface area (Å²) in [5.41, 5.74) is 9.87. The first kappa shape index (κ1) is 9.69. The number of nitrogens with two attached hydrogens (primary N) is 1. The highest BCUT2D eigenvalue weighted by Crippen LogP contribution is 2.18. The zero-order valence-electron chi connectivity index (χ0n) is 8.62. The topological polar surface area (TPSA) is 35.2 Å². The van der Waals surface area contributed by atoms with Crippen molar-refractivity contribution in [3.05, 3.63) is 34.9 Å². The van der Waals surface area contributed by atoms with Crippen LogP contribution in [0.25, 0.3) is 0 Å². The van der Waals surface area contributed by atoms with Crippen molar-refractivity contribution in [2.24, 2.45) is 5.73 Å². The van der Waals surface area contributed by atoms with Crippen molar-refractivity contribution in [2.45, 2.75) is 32.4 Å². The molecular formula is C12H17NO. The summed E-state index contributed by atoms with van der Waals surface area (Å²) < 4.78 is 5.42. The van der Waals surface area contributed by atoms with E-state index in [9.17, 15) is 0 Å². The molecule has 76 valence electrons. The van der Waals surface area contributed by atoms with Gasteiger partial charge in [-0.1, -0.05) is 18.2 Å². The number of ether oxygens (including phenoxy) is 1. The van der Waals surface area contributed by atoms with E-state index in [1.807, 2.05) is 6.92 Å². The molecule has 2 nitrogen and oxygen atoms in total. The van der Waals surface area contributed by atoms with Gasteiger partial charge in [-0.05, 0) is 36.5 Å². The van der Waals surface area contributed by atoms with Gasteiger partial charge in [-0.3, -0.25) is 0 Å². The monoisotopic (exact) mass is 191 g/mol. The molecular weight excluding hydrogens is 174 g/mol. The number of hydrogen-bond acceptors (Lipinski definition) is 2. The second kappa shape index (κ2) is 4.11. The minimum absolute atomic E-state index is 0.234. The Morgan fingerprint density at radius 1 is 1.43 bits per heavy atom. The lowest BCUT2D eigenvalue weighted by atomic mass is 9.98. The second-order valence-electron chi connectivity index (χ2n) is 4.09. The molecule has 0 radical (unpaired) electrons. The Morgan fingerprint density at radius 2 is 2.29 bits per heavy atom. The maximum absolute atomic E-state index is 5.77. The third kappa shape index (κ3) is 2.14. The van der Waals surface area contributed by atoms with Gasteiger partial charge in [0.15, 0.2) is 0 Å². The van der Waals surface area contributed by atoms with Gasteiger partial charge in [0.1, 0.15) is 0 Å². The highest BCUT2D eigenvalue weighted by molar-refractivity contribution is 5.33. The summed E-state index contributed by atoms with van der Waals surface area (Å²) in [5.74, 6) is 0. The van der Waals surface area contributed by atoms with Gasteiger partial charge < -0.3 is 10.5 Å². The summed E-state index contributed by atoms with van der Waals surface area (Å²) in [6, 6.07) is 6.87. The summed E-state index contributed by atoms with van der Waals surface area (Å²) in [4.78, 5) is 0. The number of rotatable bonds is 2. The van der Waals surface area contributed by atoms with Gasteiger partial charge in [0.25, 0.3) is 0 Å². The summed E-state index contributed by atoms with van der Waals surface area (Å²) in [6.45, 7) is 3.66. The van der Waals surface area contributed by atoms with Crippen LogP contribution in [0, 0.1) is 0 Å². The Kier molecular flexibility index (Phi) is 2.85. The van der Waals surface area contributed by atoms with Crippen LogP contribution in [-0.2, 0) is 24.2 Å². The molecule has 1 aromatic carbocycles. The fraction of sp³-hybridized carbons (Fsp3) is 0.500. The highest BCUT2D eigenvalue weighted by atomic mass is 16.5. The second-order valence-corrected chi connectivity index (χ2v) is 4.09. The first-order chi connectivity index (χ1) is 6.75. The molecule has 1 aromatic rings. The van der Waals surface area contributed by atoms with E-state index in [4.69, 9.17) is 10.5 Å². The van der Waals surface area contributed by atoms with E-state index in [1.54, 1.807) is 0 Å². The zero-order chi connectivity index (χ0) is 9.97. The summed E-state index contributed by atoms with van der Waals surface area (Å²) in [6.07, 6.45) is 2.00. The minimum Gasteiger partial charge on any atom is -0.376 e. The van der Waals surface area contributed by atoms with Crippen LogP contribution in [0.5, 0.6) is 0 Å². The van der Waals surface area contributed by atoms with E-state index in [2.05, 4.69) is 18.2 Å². The molecule has 0 fully saturated rings. The first-order valence-electron chi connectivity index (χ1n) is 5.19. The summed E-state index contributed by atoms with van der Waals surface area (Å²) in [5, 5.41) is 0. The molecule has 0 aromatic heterocycles. The van der Waals surface area contributed by atoms with Crippen molar-refractivity contribution in [3.8, 4) is 0 Å². The smallest absolute Gasteiger partial charge is 0.0719 e. The van der Waals surface area contributed by atoms with E-state index >= 15 is 0 Å². The Bertz CT molecular complexity index is 320. The van der Waals surface area contributed by atoms with Crippen molar-refractivity contribution in [1.82, 2.24) is 0 Å². The SMILES string of the molecule is CC(N)Cc1ccc2c(c1)COCC2. The zero-order valence-corrected chi connectivity index (χ0v) is 8.62. The van der Waals surface area contributed by atoms with E-state index in [-0.39, 0.29) is 6.04 Å². The molecule has 0 bridgehead atoms. The fourth-order valence-corrected chi connectivity index (χ4v) is 1.92. The number of hydrogen-bond donors (Lipinski definition) is 1. The lowest BCUT2D eigenvalue weighted by molar-refractivity contribution is 0.110. The third-order valence-electron chi connectivity index (χ3n) is 2.60. The quantitative estimate of drug-likeness (QED) is 0.771. The molecule has 2 heteroatoms. The van der Waals surface area contributed by atoms with Crippen LogP contribution in [0.2, 0.25) is 0 Å². The Morgan fingerprint density at radius 3 is 3.07 bits per heavy atom. The van der Waals surface area contributed by atoms with Crippen LogP contribution in [-0.4, -0.2) is 12.6 Å². The van der Waals surface area contributed by atoms with Crippen molar-refractivity contribution in [3.63, 3.8) is 0 Å². The van der Waals surface area contributed by atoms with Gasteiger partial charge in [0.2, 0.25) is 0 Å². The molecule has 2 N–H and O–H groups in total. The third-order valence-corrected chi connectivity index (χ3v) is 2.60. The number of fused-ring (bicyclic) bond motifs is 1. The summed E-state index contributed by atoms with van der Waals surface area (Å²) >= 11 is 0. The van der Waals surface area contributed by atoms with Crippen LogP contribution >= 0.6 is 0 Å². The van der Waals surface area contributed by atoms with Crippen LogP contribution in [0.4, 0.5) is 0 Å². The summed E-state index contributed by atoms with van der Waals surface area (Å²) in [7, 11) is 0.